The third kappa shape index (κ3) is 3.06. The van der Waals surface area contributed by atoms with Crippen molar-refractivity contribution in [3.8, 4) is 11.5 Å². The van der Waals surface area contributed by atoms with E-state index >= 15 is 0 Å². The first-order valence-electron chi connectivity index (χ1n) is 13.1. The largest absolute Gasteiger partial charge is 0.508 e. The number of aliphatic carboxylic acids is 1. The third-order valence-corrected chi connectivity index (χ3v) is 10.3. The highest BCUT2D eigenvalue weighted by atomic mass is 16.5. The number of aliphatic hydroxyl groups is 2. The van der Waals surface area contributed by atoms with Crippen LogP contribution >= 0.6 is 0 Å². The molecule has 2 aliphatic carbocycles. The van der Waals surface area contributed by atoms with Gasteiger partial charge in [-0.25, -0.2) is 4.79 Å². The Balaban J connectivity index is 1.61. The van der Waals surface area contributed by atoms with Gasteiger partial charge in [0, 0.05) is 23.0 Å². The zero-order valence-electron chi connectivity index (χ0n) is 22.0. The molecule has 0 bridgehead atoms. The summed E-state index contributed by atoms with van der Waals surface area (Å²) in [4.78, 5) is 26.7. The molecule has 1 aromatic rings. The van der Waals surface area contributed by atoms with Crippen molar-refractivity contribution >= 4 is 11.9 Å². The molecule has 36 heavy (non-hydrogen) atoms. The molecule has 4 N–H and O–H groups in total. The highest BCUT2D eigenvalue weighted by molar-refractivity contribution is 6.02. The first-order valence-corrected chi connectivity index (χ1v) is 13.1. The Morgan fingerprint density at radius 3 is 2.44 bits per heavy atom. The standard InChI is InChI=1S/C28H39NO7/c1-13(2)21(25(34)35)29-12-17-15(24(29)33)9-18(30)16-10-28(36-22(16)17)14(3)7-8-20-26(4,5)23(32)19(31)11-27(20,28)6/h9,13-14,19-21,23,30-32H,7-8,10-12H2,1-6H3,(H,34,35)/t14-,19-,20+,21?,23-,27+,28-/m1/s1. The minimum Gasteiger partial charge on any atom is -0.508 e. The number of nitrogens with zero attached hydrogens (tertiary/aromatic N) is 1. The first-order chi connectivity index (χ1) is 16.7. The molecule has 0 saturated heterocycles. The fourth-order valence-electron chi connectivity index (χ4n) is 8.43. The Hall–Kier alpha value is -2.32. The third-order valence-electron chi connectivity index (χ3n) is 10.3. The molecule has 2 aliphatic heterocycles. The highest BCUT2D eigenvalue weighted by Crippen LogP contribution is 2.67. The van der Waals surface area contributed by atoms with Crippen LogP contribution in [0.15, 0.2) is 6.07 Å². The molecule has 0 aromatic heterocycles. The van der Waals surface area contributed by atoms with Crippen molar-refractivity contribution in [3.05, 3.63) is 22.8 Å². The zero-order valence-corrected chi connectivity index (χ0v) is 22.0. The number of benzene rings is 1. The van der Waals surface area contributed by atoms with Crippen LogP contribution in [0.1, 0.15) is 82.3 Å². The number of phenolic OH excluding ortho intramolecular Hbond substituents is 1. The number of fused-ring (bicyclic) bond motifs is 5. The van der Waals surface area contributed by atoms with E-state index in [1.54, 1.807) is 13.8 Å². The lowest BCUT2D eigenvalue weighted by Gasteiger charge is -2.64. The number of phenols is 1. The molecule has 1 spiro atoms. The molecule has 1 amide bonds. The van der Waals surface area contributed by atoms with E-state index in [0.29, 0.717) is 35.3 Å². The summed E-state index contributed by atoms with van der Waals surface area (Å²) in [6.07, 6.45) is 0.870. The molecule has 4 aliphatic rings. The first kappa shape index (κ1) is 25.3. The van der Waals surface area contributed by atoms with E-state index in [9.17, 15) is 30.0 Å². The average molecular weight is 502 g/mol. The van der Waals surface area contributed by atoms with Gasteiger partial charge < -0.3 is 30.1 Å². The van der Waals surface area contributed by atoms with Crippen LogP contribution in [-0.4, -0.2) is 61.1 Å². The van der Waals surface area contributed by atoms with E-state index in [1.807, 2.05) is 13.8 Å². The van der Waals surface area contributed by atoms with Crippen molar-refractivity contribution in [1.82, 2.24) is 4.90 Å². The second-order valence-corrected chi connectivity index (χ2v) is 12.8. The molecule has 8 nitrogen and oxygen atoms in total. The molecular weight excluding hydrogens is 462 g/mol. The summed E-state index contributed by atoms with van der Waals surface area (Å²) in [6, 6.07) is 0.485. The van der Waals surface area contributed by atoms with Gasteiger partial charge in [-0.15, -0.1) is 0 Å². The molecule has 0 radical (unpaired) electrons. The molecule has 1 aromatic carbocycles. The summed E-state index contributed by atoms with van der Waals surface area (Å²) in [5.74, 6) is -1.09. The van der Waals surface area contributed by atoms with Crippen molar-refractivity contribution in [2.45, 2.75) is 97.6 Å². The highest BCUT2D eigenvalue weighted by Gasteiger charge is 2.69. The lowest BCUT2D eigenvalue weighted by molar-refractivity contribution is -0.240. The normalized spacial score (nSPS) is 37.5. The number of rotatable bonds is 3. The van der Waals surface area contributed by atoms with Gasteiger partial charge in [-0.05, 0) is 48.5 Å². The molecule has 2 saturated carbocycles. The van der Waals surface area contributed by atoms with Gasteiger partial charge in [-0.1, -0.05) is 41.5 Å². The molecule has 8 heteroatoms. The Morgan fingerprint density at radius 2 is 1.83 bits per heavy atom. The number of aromatic hydroxyl groups is 1. The van der Waals surface area contributed by atoms with Crippen LogP contribution in [0, 0.1) is 28.6 Å². The maximum Gasteiger partial charge on any atom is 0.326 e. The van der Waals surface area contributed by atoms with E-state index in [-0.39, 0.29) is 30.0 Å². The maximum absolute atomic E-state index is 13.3. The molecule has 1 unspecified atom stereocenters. The van der Waals surface area contributed by atoms with E-state index in [0.717, 1.165) is 12.8 Å². The van der Waals surface area contributed by atoms with Crippen molar-refractivity contribution in [2.24, 2.45) is 28.6 Å². The number of carboxylic acids is 1. The fraction of sp³-hybridized carbons (Fsp3) is 0.714. The number of hydrogen-bond acceptors (Lipinski definition) is 6. The molecule has 5 rings (SSSR count). The van der Waals surface area contributed by atoms with Gasteiger partial charge in [-0.2, -0.15) is 0 Å². The lowest BCUT2D eigenvalue weighted by atomic mass is 9.43. The minimum absolute atomic E-state index is 0.0131. The van der Waals surface area contributed by atoms with Crippen molar-refractivity contribution in [2.75, 3.05) is 0 Å². The maximum atomic E-state index is 13.3. The summed E-state index contributed by atoms with van der Waals surface area (Å²) in [5.41, 5.74) is -0.184. The Morgan fingerprint density at radius 1 is 1.17 bits per heavy atom. The van der Waals surface area contributed by atoms with Gasteiger partial charge in [0.2, 0.25) is 0 Å². The topological polar surface area (TPSA) is 128 Å². The van der Waals surface area contributed by atoms with Gasteiger partial charge in [0.1, 0.15) is 23.1 Å². The summed E-state index contributed by atoms with van der Waals surface area (Å²) in [5, 5.41) is 42.7. The van der Waals surface area contributed by atoms with Crippen molar-refractivity contribution in [3.63, 3.8) is 0 Å². The summed E-state index contributed by atoms with van der Waals surface area (Å²) in [6.45, 7) is 12.0. The monoisotopic (exact) mass is 501 g/mol. The van der Waals surface area contributed by atoms with Crippen LogP contribution in [0.25, 0.3) is 0 Å². The number of carboxylic acid groups (broad SMARTS) is 1. The second-order valence-electron chi connectivity index (χ2n) is 12.8. The minimum atomic E-state index is -1.06. The predicted octanol–water partition coefficient (Wildman–Crippen LogP) is 3.34. The Labute approximate surface area is 212 Å². The second kappa shape index (κ2) is 7.84. The number of amides is 1. The van der Waals surface area contributed by atoms with Crippen LogP contribution < -0.4 is 4.74 Å². The summed E-state index contributed by atoms with van der Waals surface area (Å²) >= 11 is 0. The van der Waals surface area contributed by atoms with Crippen LogP contribution in [0.5, 0.6) is 11.5 Å². The SMILES string of the molecule is CC(C)C(C(=O)O)N1Cc2c(cc(O)c3c2O[C@]2(C3)[C@H](C)CC[C@H]3C(C)(C)[C@H](O)[C@H](O)C[C@@]32C)C1=O. The van der Waals surface area contributed by atoms with Crippen LogP contribution in [-0.2, 0) is 17.8 Å². The van der Waals surface area contributed by atoms with E-state index in [4.69, 9.17) is 4.74 Å². The number of ether oxygens (including phenoxy) is 1. The smallest absolute Gasteiger partial charge is 0.326 e. The van der Waals surface area contributed by atoms with E-state index in [2.05, 4.69) is 13.8 Å². The fourth-order valence-corrected chi connectivity index (χ4v) is 8.43. The summed E-state index contributed by atoms with van der Waals surface area (Å²) < 4.78 is 6.94. The predicted molar refractivity (Wildman–Crippen MR) is 132 cm³/mol. The van der Waals surface area contributed by atoms with E-state index in [1.165, 1.54) is 11.0 Å². The van der Waals surface area contributed by atoms with Gasteiger partial charge in [-0.3, -0.25) is 4.79 Å². The number of carbonyl (C=O) groups excluding carboxylic acids is 1. The number of aliphatic hydroxyl groups excluding tert-OH is 2. The van der Waals surface area contributed by atoms with E-state index < -0.39 is 46.6 Å². The van der Waals surface area contributed by atoms with Gasteiger partial charge in [0.15, 0.2) is 0 Å². The molecule has 7 atom stereocenters. The summed E-state index contributed by atoms with van der Waals surface area (Å²) in [7, 11) is 0. The quantitative estimate of drug-likeness (QED) is 0.500. The van der Waals surface area contributed by atoms with Crippen LogP contribution in [0.4, 0.5) is 0 Å². The van der Waals surface area contributed by atoms with Gasteiger partial charge >= 0.3 is 5.97 Å². The molecule has 2 fully saturated rings. The average Bonchev–Trinajstić information content (AvgIpc) is 3.32. The van der Waals surface area contributed by atoms with Gasteiger partial charge in [0.05, 0.1) is 24.3 Å². The number of carbonyl (C=O) groups is 2. The Bertz CT molecular complexity index is 1130. The molecule has 198 valence electrons. The van der Waals surface area contributed by atoms with Crippen molar-refractivity contribution < 1.29 is 34.8 Å². The van der Waals surface area contributed by atoms with Crippen molar-refractivity contribution in [1.29, 1.82) is 0 Å². The zero-order chi connectivity index (χ0) is 26.5. The van der Waals surface area contributed by atoms with Gasteiger partial charge in [0.25, 0.3) is 5.91 Å². The molecule has 2 heterocycles. The number of hydrogen-bond donors (Lipinski definition) is 4. The Kier molecular flexibility index (Phi) is 5.52. The van der Waals surface area contributed by atoms with Crippen LogP contribution in [0.3, 0.4) is 0 Å². The molecular formula is C28H39NO7. The van der Waals surface area contributed by atoms with Crippen LogP contribution in [0.2, 0.25) is 0 Å². The lowest BCUT2D eigenvalue weighted by Crippen LogP contribution is -2.69.